The molecular formula is C66H47N23O6. The number of allylic oxidation sites excluding steroid dienone is 1. The zero-order chi connectivity index (χ0) is 66.3. The molecule has 0 saturated carbocycles. The molecule has 0 bridgehead atoms. The number of aliphatic hydroxyl groups is 1. The van der Waals surface area contributed by atoms with E-state index in [4.69, 9.17) is 5.41 Å². The molecule has 3 amide bonds. The molecule has 1 aliphatic carbocycles. The number of fused-ring (bicyclic) bond motifs is 3. The summed E-state index contributed by atoms with van der Waals surface area (Å²) in [6, 6.07) is 41.5. The zero-order valence-corrected chi connectivity index (χ0v) is 49.6. The SMILES string of the molecule is CN(Nc1c(C#N)cnn1-c1ncccn1)c1c(O)c(C(=O)Nc2cc(NC(=O)c3cc4ccccc4c(N=Nc4c(C#N)cnn4-c4ncccn4)c3O)cc(NC(=O)C3C=c4ccccc4=C(N=N/C(Nc4ccccn4)=C(\C#N)C=N)C3(C)O)c2)cc2ccccc12. The molecule has 12 rings (SSSR count). The number of phenols is 2. The van der Waals surface area contributed by atoms with E-state index < -0.39 is 40.7 Å². The molecule has 6 aromatic carbocycles. The molecule has 5 aromatic heterocycles. The predicted octanol–water partition coefficient (Wildman–Crippen LogP) is 8.73. The van der Waals surface area contributed by atoms with Crippen molar-refractivity contribution < 1.29 is 29.7 Å². The molecule has 5 heterocycles. The molecule has 0 fully saturated rings. The van der Waals surface area contributed by atoms with Crippen LogP contribution < -0.4 is 42.1 Å². The first-order valence-electron chi connectivity index (χ1n) is 28.5. The molecule has 462 valence electrons. The summed E-state index contributed by atoms with van der Waals surface area (Å²) in [5, 5.41) is 116. The molecule has 29 nitrogen and oxygen atoms in total. The number of anilines is 6. The maximum Gasteiger partial charge on any atom is 0.259 e. The van der Waals surface area contributed by atoms with Crippen LogP contribution in [0, 0.1) is 45.3 Å². The Morgan fingerprint density at radius 3 is 1.86 bits per heavy atom. The van der Waals surface area contributed by atoms with Crippen molar-refractivity contribution >= 4 is 103 Å². The van der Waals surface area contributed by atoms with Crippen LogP contribution >= 0.6 is 0 Å². The fraction of sp³-hybridized carbons (Fsp3) is 0.0606. The quantitative estimate of drug-likeness (QED) is 0.0168. The molecular weight excluding hydrogens is 1210 g/mol. The number of carbonyl (C=O) groups excluding carboxylic acids is 3. The Bertz CT molecular complexity index is 5290. The number of hydrazine groups is 1. The Morgan fingerprint density at radius 2 is 1.22 bits per heavy atom. The lowest BCUT2D eigenvalue weighted by atomic mass is 9.80. The van der Waals surface area contributed by atoms with Gasteiger partial charge in [0.1, 0.15) is 63.4 Å². The van der Waals surface area contributed by atoms with Gasteiger partial charge >= 0.3 is 0 Å². The van der Waals surface area contributed by atoms with Gasteiger partial charge in [-0.15, -0.1) is 20.5 Å². The Labute approximate surface area is 536 Å². The summed E-state index contributed by atoms with van der Waals surface area (Å²) in [6.07, 6.45) is 12.3. The van der Waals surface area contributed by atoms with E-state index in [2.05, 4.69) is 88.3 Å². The minimum atomic E-state index is -2.16. The normalized spacial score (nSPS) is 14.4. The van der Waals surface area contributed by atoms with Crippen LogP contribution in [0.2, 0.25) is 0 Å². The standard InChI is InChI=1S/C66H47N23O6/c1-66(95)51(27-39-15-5-8-18-48(39)57(66)83-84-58(40(31-67)32-68)81-52-19-9-10-20-71-52)63(94)80-45-29-43(78-61(92)49-25-37-13-3-6-16-46(37)53(55(49)90)82-85-59-41(33-69)35-76-88(59)64-72-21-11-22-73-64)28-44(30-45)79-62(93)50-26-38-14-4-7-17-47(38)54(56(50)91)87(2)86-60-42(34-70)36-77-89(60)65-74-23-12-24-75-65/h3-31,35-36,51,67,86,90-91,95H,1-2H3,(H,71,81)(H,78,92)(H,79,93)(H,80,94)/b58-40-,67-31?,84-83?,85-82?. The van der Waals surface area contributed by atoms with E-state index in [1.165, 1.54) is 101 Å². The molecule has 2 atom stereocenters. The molecule has 95 heavy (non-hydrogen) atoms. The van der Waals surface area contributed by atoms with Crippen molar-refractivity contribution in [2.75, 3.05) is 38.7 Å². The first-order chi connectivity index (χ1) is 46.1. The number of azo groups is 2. The minimum absolute atomic E-state index is 0.00560. The third-order valence-corrected chi connectivity index (χ3v) is 14.9. The molecule has 0 radical (unpaired) electrons. The first kappa shape index (κ1) is 61.0. The summed E-state index contributed by atoms with van der Waals surface area (Å²) in [4.78, 5) is 65.9. The van der Waals surface area contributed by atoms with Crippen LogP contribution in [0.15, 0.2) is 209 Å². The van der Waals surface area contributed by atoms with E-state index in [-0.39, 0.29) is 97.1 Å². The number of carbonyl (C=O) groups is 3. The number of rotatable bonds is 18. The molecule has 11 aromatic rings. The van der Waals surface area contributed by atoms with Crippen LogP contribution in [0.1, 0.15) is 38.8 Å². The lowest BCUT2D eigenvalue weighted by Gasteiger charge is -2.32. The van der Waals surface area contributed by atoms with Crippen molar-refractivity contribution in [3.8, 4) is 41.6 Å². The van der Waals surface area contributed by atoms with Crippen LogP contribution in [-0.4, -0.2) is 96.4 Å². The third kappa shape index (κ3) is 12.2. The van der Waals surface area contributed by atoms with Crippen molar-refractivity contribution in [2.24, 2.45) is 26.4 Å². The molecule has 1 aliphatic rings. The fourth-order valence-electron chi connectivity index (χ4n) is 10.4. The van der Waals surface area contributed by atoms with E-state index >= 15 is 4.79 Å². The second-order valence-corrected chi connectivity index (χ2v) is 21.0. The number of nitrogens with one attached hydrogen (secondary N) is 6. The van der Waals surface area contributed by atoms with Crippen molar-refractivity contribution in [2.45, 2.75) is 12.5 Å². The van der Waals surface area contributed by atoms with E-state index in [1.54, 1.807) is 110 Å². The highest BCUT2D eigenvalue weighted by molar-refractivity contribution is 6.15. The van der Waals surface area contributed by atoms with E-state index in [0.717, 1.165) is 6.21 Å². The number of hydrogen-bond donors (Lipinski definition) is 9. The lowest BCUT2D eigenvalue weighted by Crippen LogP contribution is -2.50. The van der Waals surface area contributed by atoms with Crippen LogP contribution in [0.3, 0.4) is 0 Å². The average Bonchev–Trinajstić information content (AvgIpc) is 1.19. The lowest BCUT2D eigenvalue weighted by molar-refractivity contribution is -0.122. The van der Waals surface area contributed by atoms with Gasteiger partial charge in [-0.05, 0) is 77.5 Å². The Hall–Kier alpha value is -14.2. The summed E-state index contributed by atoms with van der Waals surface area (Å²) in [6.45, 7) is 1.35. The van der Waals surface area contributed by atoms with Gasteiger partial charge in [0.2, 0.25) is 5.91 Å². The number of aromatic nitrogens is 9. The Morgan fingerprint density at radius 1 is 0.653 bits per heavy atom. The molecule has 0 spiro atoms. The number of benzene rings is 6. The molecule has 0 aliphatic heterocycles. The highest BCUT2D eigenvalue weighted by Crippen LogP contribution is 2.42. The van der Waals surface area contributed by atoms with Crippen molar-refractivity contribution in [1.29, 1.82) is 21.2 Å². The number of nitrogens with zero attached hydrogens (tertiary/aromatic N) is 17. The van der Waals surface area contributed by atoms with Gasteiger partial charge in [-0.25, -0.2) is 24.9 Å². The molecule has 9 N–H and O–H groups in total. The van der Waals surface area contributed by atoms with Crippen LogP contribution in [0.4, 0.5) is 45.9 Å². The second-order valence-electron chi connectivity index (χ2n) is 21.0. The first-order valence-corrected chi connectivity index (χ1v) is 28.5. The maximum absolute atomic E-state index is 15.0. The summed E-state index contributed by atoms with van der Waals surface area (Å²) in [7, 11) is 1.55. The summed E-state index contributed by atoms with van der Waals surface area (Å²) >= 11 is 0. The van der Waals surface area contributed by atoms with Crippen LogP contribution in [0.5, 0.6) is 11.5 Å². The largest absolute Gasteiger partial charge is 0.505 e. The van der Waals surface area contributed by atoms with E-state index in [0.29, 0.717) is 32.0 Å². The van der Waals surface area contributed by atoms with Crippen LogP contribution in [-0.2, 0) is 4.79 Å². The zero-order valence-electron chi connectivity index (χ0n) is 49.6. The number of amides is 3. The summed E-state index contributed by atoms with van der Waals surface area (Å²) in [5.74, 6) is -4.91. The van der Waals surface area contributed by atoms with Gasteiger partial charge in [-0.2, -0.15) is 35.3 Å². The van der Waals surface area contributed by atoms with Gasteiger partial charge in [0.25, 0.3) is 23.7 Å². The maximum atomic E-state index is 15.0. The highest BCUT2D eigenvalue weighted by atomic mass is 16.3. The van der Waals surface area contributed by atoms with Gasteiger partial charge in [0.15, 0.2) is 29.0 Å². The van der Waals surface area contributed by atoms with Crippen LogP contribution in [0.25, 0.3) is 45.2 Å². The topological polar surface area (TPSA) is 420 Å². The second kappa shape index (κ2) is 26.1. The summed E-state index contributed by atoms with van der Waals surface area (Å²) in [5.41, 5.74) is -0.149. The number of pyridine rings is 1. The Kier molecular flexibility index (Phi) is 16.7. The van der Waals surface area contributed by atoms with Crippen molar-refractivity contribution in [1.82, 2.24) is 44.5 Å². The predicted molar refractivity (Wildman–Crippen MR) is 348 cm³/mol. The highest BCUT2D eigenvalue weighted by Gasteiger charge is 2.42. The van der Waals surface area contributed by atoms with E-state index in [9.17, 15) is 40.7 Å². The number of phenolic OH excluding ortho intramolecular Hbond substituents is 2. The molecule has 29 heteroatoms. The van der Waals surface area contributed by atoms with Gasteiger partial charge in [-0.1, -0.05) is 84.9 Å². The van der Waals surface area contributed by atoms with Crippen molar-refractivity contribution in [3.63, 3.8) is 0 Å². The number of hydrogen-bond acceptors (Lipinski definition) is 24. The monoisotopic (exact) mass is 1260 g/mol. The van der Waals surface area contributed by atoms with Gasteiger partial charge in [0, 0.05) is 77.3 Å². The number of nitriles is 3. The third-order valence-electron chi connectivity index (χ3n) is 14.9. The Balaban J connectivity index is 0.921. The average molecular weight is 1260 g/mol. The van der Waals surface area contributed by atoms with Gasteiger partial charge in [0.05, 0.1) is 29.4 Å². The molecule has 2 unspecified atom stereocenters. The minimum Gasteiger partial charge on any atom is -0.505 e. The van der Waals surface area contributed by atoms with Gasteiger partial charge < -0.3 is 42.0 Å². The van der Waals surface area contributed by atoms with E-state index in [1.807, 2.05) is 12.1 Å². The number of aromatic hydroxyl groups is 2. The summed E-state index contributed by atoms with van der Waals surface area (Å²) < 4.78 is 2.48. The smallest absolute Gasteiger partial charge is 0.259 e. The fourth-order valence-corrected chi connectivity index (χ4v) is 10.4. The molecule has 0 saturated heterocycles. The van der Waals surface area contributed by atoms with Gasteiger partial charge in [-0.3, -0.25) is 24.8 Å². The van der Waals surface area contributed by atoms with Crippen molar-refractivity contribution in [3.05, 3.63) is 221 Å².